The largest absolute Gasteiger partial charge is 0.493 e. The maximum Gasteiger partial charge on any atom is 0.411 e. The number of amides is 1. The van der Waals surface area contributed by atoms with E-state index < -0.39 is 6.09 Å². The molecule has 1 N–H and O–H groups in total. The first-order valence-electron chi connectivity index (χ1n) is 11.9. The normalized spacial score (nSPS) is 10.7. The number of carbonyl (C=O) groups excluding carboxylic acids is 1. The van der Waals surface area contributed by atoms with Crippen LogP contribution in [-0.4, -0.2) is 43.5 Å². The van der Waals surface area contributed by atoms with Crippen LogP contribution < -0.4 is 24.3 Å². The number of methoxy groups -OCH3 is 2. The second-order valence-electron chi connectivity index (χ2n) is 8.29. The highest BCUT2D eigenvalue weighted by Crippen LogP contribution is 2.37. The van der Waals surface area contributed by atoms with Gasteiger partial charge in [-0.15, -0.1) is 0 Å². The fourth-order valence-electron chi connectivity index (χ4n) is 3.70. The summed E-state index contributed by atoms with van der Waals surface area (Å²) in [4.78, 5) is 20.9. The summed E-state index contributed by atoms with van der Waals surface area (Å²) in [7, 11) is 3.13. The summed E-state index contributed by atoms with van der Waals surface area (Å²) < 4.78 is 27.8. The molecule has 38 heavy (non-hydrogen) atoms. The molecule has 0 aliphatic rings. The Morgan fingerprint density at radius 2 is 1.71 bits per heavy atom. The van der Waals surface area contributed by atoms with E-state index in [4.69, 9.17) is 35.3 Å². The number of carbonyl (C=O) groups is 1. The maximum atomic E-state index is 12.3. The zero-order valence-corrected chi connectivity index (χ0v) is 22.3. The number of fused-ring (bicyclic) bond motifs is 1. The molecular weight excluding hydrogens is 510 g/mol. The van der Waals surface area contributed by atoms with E-state index in [1.165, 1.54) is 6.33 Å². The standard InChI is InChI=1S/C28H28ClN3O6/c1-17-18(2)24(38-27-21-14-25(34-3)26(35-4)15-23(21)30-16-31-27)10-9-22(17)32-28(33)37-12-6-11-36-20-8-5-7-19(29)13-20/h5,7-10,13-16H,6,11-12H2,1-4H3,(H,32,33). The van der Waals surface area contributed by atoms with Gasteiger partial charge in [-0.05, 0) is 61.4 Å². The van der Waals surface area contributed by atoms with E-state index >= 15 is 0 Å². The smallest absolute Gasteiger partial charge is 0.411 e. The van der Waals surface area contributed by atoms with Gasteiger partial charge in [0, 0.05) is 23.2 Å². The summed E-state index contributed by atoms with van der Waals surface area (Å²) in [6.07, 6.45) is 1.42. The zero-order valence-electron chi connectivity index (χ0n) is 21.5. The predicted octanol–water partition coefficient (Wildman–Crippen LogP) is 6.73. The van der Waals surface area contributed by atoms with E-state index in [1.54, 1.807) is 50.6 Å². The average Bonchev–Trinajstić information content (AvgIpc) is 2.92. The molecule has 198 valence electrons. The SMILES string of the molecule is COc1cc2ncnc(Oc3ccc(NC(=O)OCCCOc4cccc(Cl)c4)c(C)c3C)c2cc1OC. The lowest BCUT2D eigenvalue weighted by atomic mass is 10.1. The van der Waals surface area contributed by atoms with Crippen LogP contribution in [0.1, 0.15) is 17.5 Å². The minimum atomic E-state index is -0.549. The molecule has 0 bridgehead atoms. The van der Waals surface area contributed by atoms with Crippen molar-refractivity contribution in [3.8, 4) is 28.9 Å². The van der Waals surface area contributed by atoms with Crippen LogP contribution >= 0.6 is 11.6 Å². The zero-order chi connectivity index (χ0) is 27.1. The van der Waals surface area contributed by atoms with Crippen molar-refractivity contribution in [2.75, 3.05) is 32.8 Å². The van der Waals surface area contributed by atoms with Crippen LogP contribution in [0.3, 0.4) is 0 Å². The molecule has 1 aromatic heterocycles. The van der Waals surface area contributed by atoms with Crippen molar-refractivity contribution in [2.45, 2.75) is 20.3 Å². The van der Waals surface area contributed by atoms with Gasteiger partial charge >= 0.3 is 6.09 Å². The number of benzene rings is 3. The number of rotatable bonds is 10. The van der Waals surface area contributed by atoms with Crippen molar-refractivity contribution in [1.29, 1.82) is 0 Å². The van der Waals surface area contributed by atoms with Gasteiger partial charge in [0.05, 0.1) is 38.3 Å². The van der Waals surface area contributed by atoms with Crippen LogP contribution in [0.4, 0.5) is 10.5 Å². The van der Waals surface area contributed by atoms with Gasteiger partial charge in [0.15, 0.2) is 11.5 Å². The molecule has 4 rings (SSSR count). The van der Waals surface area contributed by atoms with Crippen LogP contribution in [-0.2, 0) is 4.74 Å². The fourth-order valence-corrected chi connectivity index (χ4v) is 3.88. The first kappa shape index (κ1) is 26.8. The third-order valence-corrected chi connectivity index (χ3v) is 6.11. The highest BCUT2D eigenvalue weighted by molar-refractivity contribution is 6.30. The third kappa shape index (κ3) is 6.36. The Morgan fingerprint density at radius 3 is 2.47 bits per heavy atom. The summed E-state index contributed by atoms with van der Waals surface area (Å²) in [5.74, 6) is 2.74. The number of ether oxygens (including phenoxy) is 5. The van der Waals surface area contributed by atoms with Crippen LogP contribution in [0.15, 0.2) is 54.9 Å². The molecule has 0 aliphatic carbocycles. The van der Waals surface area contributed by atoms with E-state index in [0.29, 0.717) is 63.5 Å². The lowest BCUT2D eigenvalue weighted by Gasteiger charge is -2.16. The maximum absolute atomic E-state index is 12.3. The molecule has 4 aromatic rings. The molecule has 0 saturated carbocycles. The Bertz CT molecular complexity index is 1450. The predicted molar refractivity (Wildman–Crippen MR) is 145 cm³/mol. The molecule has 0 unspecified atom stereocenters. The number of hydrogen-bond acceptors (Lipinski definition) is 8. The highest BCUT2D eigenvalue weighted by atomic mass is 35.5. The summed E-state index contributed by atoms with van der Waals surface area (Å²) in [5, 5.41) is 4.06. The highest BCUT2D eigenvalue weighted by Gasteiger charge is 2.15. The van der Waals surface area contributed by atoms with Crippen molar-refractivity contribution in [2.24, 2.45) is 0 Å². The lowest BCUT2D eigenvalue weighted by molar-refractivity contribution is 0.152. The van der Waals surface area contributed by atoms with Gasteiger partial charge < -0.3 is 23.7 Å². The number of hydrogen-bond donors (Lipinski definition) is 1. The molecule has 0 saturated heterocycles. The Hall–Kier alpha value is -4.24. The topological polar surface area (TPSA) is 101 Å². The van der Waals surface area contributed by atoms with Crippen molar-refractivity contribution in [3.63, 3.8) is 0 Å². The van der Waals surface area contributed by atoms with Crippen molar-refractivity contribution >= 4 is 34.3 Å². The monoisotopic (exact) mass is 537 g/mol. The quantitative estimate of drug-likeness (QED) is 0.222. The van der Waals surface area contributed by atoms with E-state index in [-0.39, 0.29) is 6.61 Å². The first-order chi connectivity index (χ1) is 18.4. The Labute approximate surface area is 225 Å². The van der Waals surface area contributed by atoms with Gasteiger partial charge in [0.1, 0.15) is 17.8 Å². The molecular formula is C28H28ClN3O6. The van der Waals surface area contributed by atoms with Gasteiger partial charge in [-0.25, -0.2) is 14.8 Å². The average molecular weight is 538 g/mol. The summed E-state index contributed by atoms with van der Waals surface area (Å²) in [6, 6.07) is 14.2. The van der Waals surface area contributed by atoms with E-state index in [0.717, 1.165) is 11.1 Å². The molecule has 3 aromatic carbocycles. The van der Waals surface area contributed by atoms with Gasteiger partial charge in [0.25, 0.3) is 0 Å². The Balaban J connectivity index is 1.37. The second-order valence-corrected chi connectivity index (χ2v) is 8.72. The second kappa shape index (κ2) is 12.3. The number of nitrogens with one attached hydrogen (secondary N) is 1. The number of nitrogens with zero attached hydrogens (tertiary/aromatic N) is 2. The molecule has 0 radical (unpaired) electrons. The summed E-state index contributed by atoms with van der Waals surface area (Å²) in [6.45, 7) is 4.40. The van der Waals surface area contributed by atoms with E-state index in [9.17, 15) is 4.79 Å². The van der Waals surface area contributed by atoms with Crippen LogP contribution in [0.25, 0.3) is 10.9 Å². The summed E-state index contributed by atoms with van der Waals surface area (Å²) >= 11 is 5.94. The van der Waals surface area contributed by atoms with Crippen molar-refractivity contribution < 1.29 is 28.5 Å². The van der Waals surface area contributed by atoms with Gasteiger partial charge in [-0.1, -0.05) is 17.7 Å². The third-order valence-electron chi connectivity index (χ3n) is 5.87. The molecule has 1 amide bonds. The van der Waals surface area contributed by atoms with Crippen LogP contribution in [0, 0.1) is 13.8 Å². The number of aromatic nitrogens is 2. The minimum Gasteiger partial charge on any atom is -0.493 e. The fraction of sp³-hybridized carbons (Fsp3) is 0.250. The van der Waals surface area contributed by atoms with Crippen LogP contribution in [0.2, 0.25) is 5.02 Å². The molecule has 9 nitrogen and oxygen atoms in total. The molecule has 0 fully saturated rings. The van der Waals surface area contributed by atoms with Crippen molar-refractivity contribution in [3.05, 3.63) is 71.0 Å². The molecule has 1 heterocycles. The van der Waals surface area contributed by atoms with Crippen molar-refractivity contribution in [1.82, 2.24) is 9.97 Å². The first-order valence-corrected chi connectivity index (χ1v) is 12.2. The molecule has 0 aliphatic heterocycles. The lowest BCUT2D eigenvalue weighted by Crippen LogP contribution is -2.16. The number of halogens is 1. The molecule has 10 heteroatoms. The van der Waals surface area contributed by atoms with E-state index in [1.807, 2.05) is 26.0 Å². The van der Waals surface area contributed by atoms with Gasteiger partial charge in [0.2, 0.25) is 5.88 Å². The molecule has 0 atom stereocenters. The Kier molecular flexibility index (Phi) is 8.70. The summed E-state index contributed by atoms with van der Waals surface area (Å²) in [5.41, 5.74) is 2.95. The Morgan fingerprint density at radius 1 is 0.921 bits per heavy atom. The van der Waals surface area contributed by atoms with Gasteiger partial charge in [-0.2, -0.15) is 0 Å². The van der Waals surface area contributed by atoms with Crippen LogP contribution in [0.5, 0.6) is 28.9 Å². The van der Waals surface area contributed by atoms with E-state index in [2.05, 4.69) is 15.3 Å². The molecule has 0 spiro atoms. The van der Waals surface area contributed by atoms with Gasteiger partial charge in [-0.3, -0.25) is 5.32 Å². The minimum absolute atomic E-state index is 0.209. The number of anilines is 1.